The lowest BCUT2D eigenvalue weighted by Crippen LogP contribution is -2.30. The summed E-state index contributed by atoms with van der Waals surface area (Å²) in [5.74, 6) is -1.13. The fourth-order valence-electron chi connectivity index (χ4n) is 1.54. The zero-order valence-corrected chi connectivity index (χ0v) is 13.0. The van der Waals surface area contributed by atoms with Crippen LogP contribution in [0.3, 0.4) is 0 Å². The molecule has 0 saturated carbocycles. The van der Waals surface area contributed by atoms with Gasteiger partial charge >= 0.3 is 5.97 Å². The van der Waals surface area contributed by atoms with Gasteiger partial charge in [-0.25, -0.2) is 13.2 Å². The molecule has 0 amide bonds. The number of rotatable bonds is 5. The van der Waals surface area contributed by atoms with Gasteiger partial charge in [-0.2, -0.15) is 4.31 Å². The molecule has 0 aliphatic rings. The topological polar surface area (TPSA) is 74.7 Å². The smallest absolute Gasteiger partial charge is 0.336 e. The highest BCUT2D eigenvalue weighted by Gasteiger charge is 2.23. The van der Waals surface area contributed by atoms with Gasteiger partial charge in [-0.3, -0.25) is 0 Å². The zero-order valence-electron chi connectivity index (χ0n) is 10.1. The molecule has 0 saturated heterocycles. The third-order valence-corrected chi connectivity index (χ3v) is 5.50. The summed E-state index contributed by atoms with van der Waals surface area (Å²) in [7, 11) is -3.61. The minimum absolute atomic E-state index is 0.00355. The second-order valence-corrected chi connectivity index (χ2v) is 6.64. The van der Waals surface area contributed by atoms with Crippen molar-refractivity contribution in [3.63, 3.8) is 0 Å². The summed E-state index contributed by atoms with van der Waals surface area (Å²) in [4.78, 5) is 11.0. The molecule has 1 rings (SSSR count). The van der Waals surface area contributed by atoms with Crippen LogP contribution in [-0.4, -0.2) is 36.9 Å². The normalized spacial score (nSPS) is 11.8. The van der Waals surface area contributed by atoms with Crippen LogP contribution in [0.1, 0.15) is 24.2 Å². The molecule has 0 aliphatic carbocycles. The van der Waals surface area contributed by atoms with Gasteiger partial charge in [0.2, 0.25) is 10.0 Å². The Morgan fingerprint density at radius 3 is 2.33 bits per heavy atom. The third-order valence-electron chi connectivity index (χ3n) is 2.51. The molecule has 0 spiro atoms. The van der Waals surface area contributed by atoms with Gasteiger partial charge in [-0.1, -0.05) is 13.8 Å². The van der Waals surface area contributed by atoms with Crippen LogP contribution >= 0.6 is 22.6 Å². The van der Waals surface area contributed by atoms with Crippen LogP contribution < -0.4 is 0 Å². The van der Waals surface area contributed by atoms with E-state index in [0.717, 1.165) is 0 Å². The van der Waals surface area contributed by atoms with Gasteiger partial charge < -0.3 is 5.11 Å². The van der Waals surface area contributed by atoms with Crippen LogP contribution in [0.15, 0.2) is 23.1 Å². The minimum Gasteiger partial charge on any atom is -0.478 e. The van der Waals surface area contributed by atoms with Crippen molar-refractivity contribution >= 4 is 38.6 Å². The van der Waals surface area contributed by atoms with E-state index in [0.29, 0.717) is 16.7 Å². The molecule has 0 atom stereocenters. The van der Waals surface area contributed by atoms with Crippen molar-refractivity contribution < 1.29 is 18.3 Å². The summed E-state index contributed by atoms with van der Waals surface area (Å²) in [6, 6.07) is 4.14. The van der Waals surface area contributed by atoms with Crippen LogP contribution in [0.2, 0.25) is 0 Å². The van der Waals surface area contributed by atoms with Crippen LogP contribution in [0.4, 0.5) is 0 Å². The van der Waals surface area contributed by atoms with Gasteiger partial charge in [0.25, 0.3) is 0 Å². The second-order valence-electron chi connectivity index (χ2n) is 3.54. The Balaban J connectivity index is 3.34. The van der Waals surface area contributed by atoms with Crippen molar-refractivity contribution in [1.29, 1.82) is 0 Å². The van der Waals surface area contributed by atoms with E-state index in [1.165, 1.54) is 22.5 Å². The first-order valence-electron chi connectivity index (χ1n) is 5.37. The van der Waals surface area contributed by atoms with Crippen LogP contribution in [0, 0.1) is 3.57 Å². The number of carbonyl (C=O) groups is 1. The highest BCUT2D eigenvalue weighted by Crippen LogP contribution is 2.21. The maximum Gasteiger partial charge on any atom is 0.336 e. The van der Waals surface area contributed by atoms with Gasteiger partial charge in [0.05, 0.1) is 10.5 Å². The first-order valence-corrected chi connectivity index (χ1v) is 7.89. The molecular formula is C11H14INO4S. The lowest BCUT2D eigenvalue weighted by atomic mass is 10.2. The highest BCUT2D eigenvalue weighted by molar-refractivity contribution is 14.1. The predicted octanol–water partition coefficient (Wildman–Crippen LogP) is 2.02. The summed E-state index contributed by atoms with van der Waals surface area (Å²) in [6.45, 7) is 4.19. The molecular weight excluding hydrogens is 369 g/mol. The molecule has 0 heterocycles. The quantitative estimate of drug-likeness (QED) is 0.790. The Morgan fingerprint density at radius 1 is 1.33 bits per heavy atom. The summed E-state index contributed by atoms with van der Waals surface area (Å²) >= 11 is 1.87. The van der Waals surface area contributed by atoms with Crippen molar-refractivity contribution in [2.45, 2.75) is 18.7 Å². The van der Waals surface area contributed by atoms with Crippen molar-refractivity contribution in [2.24, 2.45) is 0 Å². The van der Waals surface area contributed by atoms with Crippen LogP contribution in [0.5, 0.6) is 0 Å². The van der Waals surface area contributed by atoms with E-state index in [4.69, 9.17) is 5.11 Å². The molecule has 0 radical (unpaired) electrons. The summed E-state index contributed by atoms with van der Waals surface area (Å²) in [6.07, 6.45) is 0. The maximum absolute atomic E-state index is 12.2. The van der Waals surface area contributed by atoms with Crippen LogP contribution in [0.25, 0.3) is 0 Å². The average molecular weight is 383 g/mol. The standard InChI is InChI=1S/C11H14INO4S/c1-3-13(4-2)18(16,17)8-5-6-10(12)9(7-8)11(14)15/h5-7H,3-4H2,1-2H3,(H,14,15). The lowest BCUT2D eigenvalue weighted by molar-refractivity contribution is 0.0695. The number of hydrogen-bond acceptors (Lipinski definition) is 3. The van der Waals surface area contributed by atoms with Gasteiger partial charge in [0, 0.05) is 16.7 Å². The molecule has 18 heavy (non-hydrogen) atoms. The number of hydrogen-bond donors (Lipinski definition) is 1. The number of benzene rings is 1. The SMILES string of the molecule is CCN(CC)S(=O)(=O)c1ccc(I)c(C(=O)O)c1. The molecule has 0 fully saturated rings. The average Bonchev–Trinajstić information content (AvgIpc) is 2.30. The van der Waals surface area contributed by atoms with E-state index in [1.807, 2.05) is 22.6 Å². The van der Waals surface area contributed by atoms with Crippen molar-refractivity contribution in [3.8, 4) is 0 Å². The Labute approximate surface area is 120 Å². The van der Waals surface area contributed by atoms with Crippen molar-refractivity contribution in [2.75, 3.05) is 13.1 Å². The van der Waals surface area contributed by atoms with E-state index in [9.17, 15) is 13.2 Å². The second kappa shape index (κ2) is 5.98. The molecule has 1 N–H and O–H groups in total. The summed E-state index contributed by atoms with van der Waals surface area (Å²) in [5, 5.41) is 9.00. The first-order chi connectivity index (χ1) is 8.34. The largest absolute Gasteiger partial charge is 0.478 e. The molecule has 5 nitrogen and oxygen atoms in total. The summed E-state index contributed by atoms with van der Waals surface area (Å²) in [5.41, 5.74) is 0.00355. The molecule has 0 aliphatic heterocycles. The number of sulfonamides is 1. The first kappa shape index (κ1) is 15.4. The Kier molecular flexibility index (Phi) is 5.11. The Bertz CT molecular complexity index is 552. The van der Waals surface area contributed by atoms with E-state index < -0.39 is 16.0 Å². The van der Waals surface area contributed by atoms with Gasteiger partial charge in [-0.15, -0.1) is 0 Å². The molecule has 0 bridgehead atoms. The van der Waals surface area contributed by atoms with Crippen LogP contribution in [-0.2, 0) is 10.0 Å². The molecule has 0 unspecified atom stereocenters. The number of nitrogens with zero attached hydrogens (tertiary/aromatic N) is 1. The molecule has 1 aromatic rings. The van der Waals surface area contributed by atoms with E-state index in [2.05, 4.69) is 0 Å². The van der Waals surface area contributed by atoms with Gasteiger partial charge in [-0.05, 0) is 40.8 Å². The van der Waals surface area contributed by atoms with E-state index in [-0.39, 0.29) is 10.5 Å². The molecule has 7 heteroatoms. The third kappa shape index (κ3) is 3.01. The number of halogens is 1. The van der Waals surface area contributed by atoms with E-state index >= 15 is 0 Å². The fraction of sp³-hybridized carbons (Fsp3) is 0.364. The predicted molar refractivity (Wildman–Crippen MR) is 76.2 cm³/mol. The lowest BCUT2D eigenvalue weighted by Gasteiger charge is -2.18. The highest BCUT2D eigenvalue weighted by atomic mass is 127. The van der Waals surface area contributed by atoms with Crippen molar-refractivity contribution in [3.05, 3.63) is 27.3 Å². The van der Waals surface area contributed by atoms with Gasteiger partial charge in [0.15, 0.2) is 0 Å². The maximum atomic E-state index is 12.2. The monoisotopic (exact) mass is 383 g/mol. The Morgan fingerprint density at radius 2 is 1.89 bits per heavy atom. The Hall–Kier alpha value is -0.670. The molecule has 100 valence electrons. The molecule has 1 aromatic carbocycles. The fourth-order valence-corrected chi connectivity index (χ4v) is 3.59. The zero-order chi connectivity index (χ0) is 13.9. The summed E-state index contributed by atoms with van der Waals surface area (Å²) < 4.78 is 26.2. The van der Waals surface area contributed by atoms with Gasteiger partial charge in [0.1, 0.15) is 0 Å². The number of aromatic carboxylic acids is 1. The van der Waals surface area contributed by atoms with Crippen molar-refractivity contribution in [1.82, 2.24) is 4.31 Å². The minimum atomic E-state index is -3.61. The number of carboxylic acid groups (broad SMARTS) is 1. The van der Waals surface area contributed by atoms with E-state index in [1.54, 1.807) is 13.8 Å². The molecule has 0 aromatic heterocycles. The number of carboxylic acids is 1.